The molecule has 0 bridgehead atoms. The first-order valence-corrected chi connectivity index (χ1v) is 11.6. The summed E-state index contributed by atoms with van der Waals surface area (Å²) in [5.74, 6) is -0.431. The molecule has 0 radical (unpaired) electrons. The lowest BCUT2D eigenvalue weighted by Crippen LogP contribution is -2.49. The highest BCUT2D eigenvalue weighted by Crippen LogP contribution is 2.30. The first-order chi connectivity index (χ1) is 16.9. The number of rotatable bonds is 7. The number of halogens is 1. The molecule has 0 spiro atoms. The Morgan fingerprint density at radius 2 is 2.00 bits per heavy atom. The molecule has 3 aromatic rings. The van der Waals surface area contributed by atoms with Crippen LogP contribution in [0.3, 0.4) is 0 Å². The molecule has 3 heterocycles. The standard InChI is InChI=1S/C26H30FN5O3/c1-17-12-32(18(2)15-33)26(34)23-8-21(20-5-4-6-22(27)7-20)11-30-25(23)35-24(17)14-31(3)13-19-9-28-16-29-10-19/h4-11,16-18,24,33H,12-15H2,1-3H3/t17-,18+,24+/m1/s1. The molecule has 0 saturated carbocycles. The number of amides is 1. The third-order valence-electron chi connectivity index (χ3n) is 6.24. The maximum Gasteiger partial charge on any atom is 0.259 e. The minimum Gasteiger partial charge on any atom is -0.472 e. The largest absolute Gasteiger partial charge is 0.472 e. The number of benzene rings is 1. The molecule has 1 aliphatic heterocycles. The van der Waals surface area contributed by atoms with Crippen LogP contribution in [0.5, 0.6) is 5.88 Å². The van der Waals surface area contributed by atoms with E-state index in [0.29, 0.717) is 36.3 Å². The van der Waals surface area contributed by atoms with Crippen molar-refractivity contribution in [3.05, 3.63) is 72.2 Å². The lowest BCUT2D eigenvalue weighted by molar-refractivity contribution is 0.0325. The minimum atomic E-state index is -0.381. The summed E-state index contributed by atoms with van der Waals surface area (Å²) in [6.45, 7) is 5.31. The monoisotopic (exact) mass is 479 g/mol. The number of fused-ring (bicyclic) bond motifs is 1. The first kappa shape index (κ1) is 24.7. The number of hydrogen-bond donors (Lipinski definition) is 1. The third-order valence-corrected chi connectivity index (χ3v) is 6.24. The van der Waals surface area contributed by atoms with Gasteiger partial charge in [0.25, 0.3) is 5.91 Å². The van der Waals surface area contributed by atoms with E-state index in [1.807, 2.05) is 20.9 Å². The first-order valence-electron chi connectivity index (χ1n) is 11.6. The number of aliphatic hydroxyl groups excluding tert-OH is 1. The predicted molar refractivity (Wildman–Crippen MR) is 129 cm³/mol. The average molecular weight is 480 g/mol. The number of aromatic nitrogens is 3. The van der Waals surface area contributed by atoms with Crippen LogP contribution in [-0.2, 0) is 6.54 Å². The number of aliphatic hydroxyl groups is 1. The average Bonchev–Trinajstić information content (AvgIpc) is 2.86. The Balaban J connectivity index is 1.66. The van der Waals surface area contributed by atoms with Gasteiger partial charge in [0, 0.05) is 55.3 Å². The highest BCUT2D eigenvalue weighted by molar-refractivity contribution is 5.98. The molecular formula is C26H30FN5O3. The van der Waals surface area contributed by atoms with Gasteiger partial charge in [-0.15, -0.1) is 0 Å². The van der Waals surface area contributed by atoms with Gasteiger partial charge in [0.05, 0.1) is 12.6 Å². The van der Waals surface area contributed by atoms with E-state index in [0.717, 1.165) is 5.56 Å². The number of carbonyl (C=O) groups excluding carboxylic acids is 1. The highest BCUT2D eigenvalue weighted by atomic mass is 19.1. The zero-order valence-corrected chi connectivity index (χ0v) is 20.1. The summed E-state index contributed by atoms with van der Waals surface area (Å²) in [6.07, 6.45) is 6.38. The Hall–Kier alpha value is -3.43. The van der Waals surface area contributed by atoms with Crippen LogP contribution >= 0.6 is 0 Å². The Morgan fingerprint density at radius 3 is 2.71 bits per heavy atom. The van der Waals surface area contributed by atoms with Gasteiger partial charge >= 0.3 is 0 Å². The van der Waals surface area contributed by atoms with E-state index in [1.54, 1.807) is 41.7 Å². The van der Waals surface area contributed by atoms with Crippen molar-refractivity contribution >= 4 is 5.91 Å². The smallest absolute Gasteiger partial charge is 0.259 e. The molecule has 0 fully saturated rings. The van der Waals surface area contributed by atoms with Crippen LogP contribution in [0.4, 0.5) is 4.39 Å². The van der Waals surface area contributed by atoms with Gasteiger partial charge in [-0.05, 0) is 37.7 Å². The van der Waals surface area contributed by atoms with Crippen LogP contribution in [0.15, 0.2) is 55.2 Å². The molecule has 8 nitrogen and oxygen atoms in total. The predicted octanol–water partition coefficient (Wildman–Crippen LogP) is 3.03. The summed E-state index contributed by atoms with van der Waals surface area (Å²) in [6, 6.07) is 7.46. The van der Waals surface area contributed by atoms with Crippen molar-refractivity contribution in [3.63, 3.8) is 0 Å². The number of carbonyl (C=O) groups is 1. The SMILES string of the molecule is C[C@@H]1CN([C@@H](C)CO)C(=O)c2cc(-c3cccc(F)c3)cnc2O[C@H]1CN(C)Cc1cncnc1. The highest BCUT2D eigenvalue weighted by Gasteiger charge is 2.34. The second kappa shape index (κ2) is 10.9. The molecule has 0 unspecified atom stereocenters. The Morgan fingerprint density at radius 1 is 1.23 bits per heavy atom. The summed E-state index contributed by atoms with van der Waals surface area (Å²) in [5.41, 5.74) is 2.51. The molecule has 1 N–H and O–H groups in total. The Bertz CT molecular complexity index is 1160. The summed E-state index contributed by atoms with van der Waals surface area (Å²) in [5, 5.41) is 9.84. The summed E-state index contributed by atoms with van der Waals surface area (Å²) >= 11 is 0. The van der Waals surface area contributed by atoms with Crippen molar-refractivity contribution in [1.29, 1.82) is 0 Å². The van der Waals surface area contributed by atoms with Crippen LogP contribution in [0.25, 0.3) is 11.1 Å². The molecule has 9 heteroatoms. The van der Waals surface area contributed by atoms with Gasteiger partial charge in [-0.25, -0.2) is 19.3 Å². The van der Waals surface area contributed by atoms with E-state index in [9.17, 15) is 14.3 Å². The molecule has 1 aliphatic rings. The number of ether oxygens (including phenoxy) is 1. The zero-order valence-electron chi connectivity index (χ0n) is 20.1. The van der Waals surface area contributed by atoms with Crippen molar-refractivity contribution in [2.24, 2.45) is 5.92 Å². The second-order valence-corrected chi connectivity index (χ2v) is 9.15. The fourth-order valence-electron chi connectivity index (χ4n) is 4.24. The van der Waals surface area contributed by atoms with Gasteiger partial charge in [0.2, 0.25) is 5.88 Å². The van der Waals surface area contributed by atoms with Gasteiger partial charge in [0.1, 0.15) is 23.8 Å². The Kier molecular flexibility index (Phi) is 7.67. The molecule has 184 valence electrons. The van der Waals surface area contributed by atoms with E-state index in [4.69, 9.17) is 4.74 Å². The molecule has 35 heavy (non-hydrogen) atoms. The molecule has 0 saturated heterocycles. The molecule has 3 atom stereocenters. The van der Waals surface area contributed by atoms with E-state index in [2.05, 4.69) is 19.9 Å². The Labute approximate surface area is 204 Å². The molecule has 1 aromatic carbocycles. The van der Waals surface area contributed by atoms with Gasteiger partial charge in [0.15, 0.2) is 0 Å². The van der Waals surface area contributed by atoms with E-state index in [1.165, 1.54) is 18.5 Å². The third kappa shape index (κ3) is 5.80. The maximum atomic E-state index is 13.8. The van der Waals surface area contributed by atoms with Crippen LogP contribution in [0.1, 0.15) is 29.8 Å². The van der Waals surface area contributed by atoms with Crippen LogP contribution < -0.4 is 4.74 Å². The molecule has 0 aliphatic carbocycles. The lowest BCUT2D eigenvalue weighted by atomic mass is 9.99. The molecule has 2 aromatic heterocycles. The molecular weight excluding hydrogens is 449 g/mol. The van der Waals surface area contributed by atoms with Gasteiger partial charge < -0.3 is 14.7 Å². The van der Waals surface area contributed by atoms with E-state index in [-0.39, 0.29) is 42.3 Å². The molecule has 1 amide bonds. The number of hydrogen-bond acceptors (Lipinski definition) is 7. The topological polar surface area (TPSA) is 91.7 Å². The van der Waals surface area contributed by atoms with Crippen molar-refractivity contribution in [1.82, 2.24) is 24.8 Å². The van der Waals surface area contributed by atoms with Crippen molar-refractivity contribution in [2.45, 2.75) is 32.5 Å². The van der Waals surface area contributed by atoms with Crippen molar-refractivity contribution in [3.8, 4) is 17.0 Å². The lowest BCUT2D eigenvalue weighted by Gasteiger charge is -2.37. The summed E-state index contributed by atoms with van der Waals surface area (Å²) < 4.78 is 20.1. The number of likely N-dealkylation sites (N-methyl/N-ethyl adjacent to an activating group) is 1. The number of nitrogens with zero attached hydrogens (tertiary/aromatic N) is 5. The molecule has 4 rings (SSSR count). The van der Waals surface area contributed by atoms with E-state index >= 15 is 0 Å². The van der Waals surface area contributed by atoms with Crippen LogP contribution in [-0.4, -0.2) is 74.7 Å². The van der Waals surface area contributed by atoms with Crippen LogP contribution in [0.2, 0.25) is 0 Å². The normalized spacial score (nSPS) is 19.0. The zero-order chi connectivity index (χ0) is 24.9. The fourth-order valence-corrected chi connectivity index (χ4v) is 4.24. The van der Waals surface area contributed by atoms with Gasteiger partial charge in [-0.1, -0.05) is 19.1 Å². The van der Waals surface area contributed by atoms with Crippen molar-refractivity contribution in [2.75, 3.05) is 26.7 Å². The summed E-state index contributed by atoms with van der Waals surface area (Å²) in [7, 11) is 1.99. The van der Waals surface area contributed by atoms with Gasteiger partial charge in [-0.2, -0.15) is 0 Å². The van der Waals surface area contributed by atoms with Gasteiger partial charge in [-0.3, -0.25) is 9.69 Å². The second-order valence-electron chi connectivity index (χ2n) is 9.15. The number of pyridine rings is 1. The minimum absolute atomic E-state index is 0.0275. The van der Waals surface area contributed by atoms with Crippen LogP contribution in [0, 0.1) is 11.7 Å². The summed E-state index contributed by atoms with van der Waals surface area (Å²) in [4.78, 5) is 30.0. The fraction of sp³-hybridized carbons (Fsp3) is 0.385. The van der Waals surface area contributed by atoms with Crippen molar-refractivity contribution < 1.29 is 19.0 Å². The van der Waals surface area contributed by atoms with E-state index < -0.39 is 0 Å². The quantitative estimate of drug-likeness (QED) is 0.557. The maximum absolute atomic E-state index is 13.8.